The Hall–Kier alpha value is -2.82. The molecule has 1 fully saturated rings. The Balaban J connectivity index is 1.77. The first-order chi connectivity index (χ1) is 14.5. The van der Waals surface area contributed by atoms with E-state index in [1.807, 2.05) is 62.4 Å². The second kappa shape index (κ2) is 10.3. The summed E-state index contributed by atoms with van der Waals surface area (Å²) in [5.41, 5.74) is 3.07. The van der Waals surface area contributed by atoms with E-state index in [2.05, 4.69) is 5.32 Å². The summed E-state index contributed by atoms with van der Waals surface area (Å²) in [6.07, 6.45) is 4.61. The summed E-state index contributed by atoms with van der Waals surface area (Å²) in [5.74, 6) is 0.628. The summed E-state index contributed by atoms with van der Waals surface area (Å²) in [4.78, 5) is 27.9. The minimum atomic E-state index is -0.532. The highest BCUT2D eigenvalue weighted by atomic mass is 16.5. The van der Waals surface area contributed by atoms with E-state index in [4.69, 9.17) is 4.74 Å². The summed E-state index contributed by atoms with van der Waals surface area (Å²) in [6.45, 7) is 4.28. The molecule has 0 unspecified atom stereocenters. The molecule has 0 bridgehead atoms. The number of carbonyl (C=O) groups is 2. The van der Waals surface area contributed by atoms with Crippen LogP contribution in [0.25, 0.3) is 0 Å². The van der Waals surface area contributed by atoms with Gasteiger partial charge < -0.3 is 15.0 Å². The van der Waals surface area contributed by atoms with Crippen molar-refractivity contribution in [2.24, 2.45) is 0 Å². The zero-order chi connectivity index (χ0) is 21.5. The van der Waals surface area contributed by atoms with E-state index in [0.29, 0.717) is 6.54 Å². The van der Waals surface area contributed by atoms with Gasteiger partial charge in [0.05, 0.1) is 13.5 Å². The Kier molecular flexibility index (Phi) is 7.50. The molecule has 0 aliphatic heterocycles. The molecule has 0 saturated heterocycles. The number of benzene rings is 2. The van der Waals surface area contributed by atoms with Crippen LogP contribution in [0.15, 0.2) is 48.5 Å². The summed E-state index contributed by atoms with van der Waals surface area (Å²) in [7, 11) is 1.62. The molecule has 3 rings (SSSR count). The zero-order valence-corrected chi connectivity index (χ0v) is 18.2. The molecule has 160 valence electrons. The molecule has 0 aromatic heterocycles. The van der Waals surface area contributed by atoms with Crippen molar-refractivity contribution in [3.05, 3.63) is 65.2 Å². The number of ether oxygens (including phenoxy) is 1. The van der Waals surface area contributed by atoms with E-state index in [1.54, 1.807) is 12.0 Å². The van der Waals surface area contributed by atoms with Gasteiger partial charge in [-0.25, -0.2) is 0 Å². The lowest BCUT2D eigenvalue weighted by Gasteiger charge is -2.30. The lowest BCUT2D eigenvalue weighted by atomic mass is 10.1. The van der Waals surface area contributed by atoms with Crippen LogP contribution in [-0.2, 0) is 22.6 Å². The highest BCUT2D eigenvalue weighted by Crippen LogP contribution is 2.20. The number of aryl methyl sites for hydroxylation is 1. The number of hydrogen-bond acceptors (Lipinski definition) is 3. The van der Waals surface area contributed by atoms with Crippen LogP contribution in [0.1, 0.15) is 49.3 Å². The highest BCUT2D eigenvalue weighted by molar-refractivity contribution is 5.88. The van der Waals surface area contributed by atoms with Crippen LogP contribution in [0, 0.1) is 6.92 Å². The van der Waals surface area contributed by atoms with Gasteiger partial charge in [0.2, 0.25) is 11.8 Å². The van der Waals surface area contributed by atoms with Crippen LogP contribution in [0.5, 0.6) is 5.75 Å². The van der Waals surface area contributed by atoms with Crippen LogP contribution in [0.2, 0.25) is 0 Å². The summed E-state index contributed by atoms with van der Waals surface area (Å²) in [5, 5.41) is 3.14. The van der Waals surface area contributed by atoms with Crippen molar-refractivity contribution in [3.8, 4) is 5.75 Å². The van der Waals surface area contributed by atoms with Crippen molar-refractivity contribution in [2.75, 3.05) is 7.11 Å². The molecule has 30 heavy (non-hydrogen) atoms. The van der Waals surface area contributed by atoms with Crippen LogP contribution >= 0.6 is 0 Å². The van der Waals surface area contributed by atoms with E-state index in [0.717, 1.165) is 48.1 Å². The zero-order valence-electron chi connectivity index (χ0n) is 18.2. The van der Waals surface area contributed by atoms with Crippen molar-refractivity contribution in [2.45, 2.75) is 64.6 Å². The Morgan fingerprint density at radius 2 is 1.77 bits per heavy atom. The number of carbonyl (C=O) groups excluding carboxylic acids is 2. The molecular weight excluding hydrogens is 376 g/mol. The minimum Gasteiger partial charge on any atom is -0.497 e. The number of methoxy groups -OCH3 is 1. The predicted molar refractivity (Wildman–Crippen MR) is 118 cm³/mol. The Bertz CT molecular complexity index is 857. The standard InChI is InChI=1S/C25H32N2O3/c1-18-8-4-5-9-21(18)17-27(19(2)25(29)26-22-10-6-7-11-22)24(28)16-20-12-14-23(30-3)15-13-20/h4-5,8-9,12-15,19,22H,6-7,10-11,16-17H2,1-3H3,(H,26,29)/t19-/m0/s1. The summed E-state index contributed by atoms with van der Waals surface area (Å²) >= 11 is 0. The molecule has 0 spiro atoms. The average molecular weight is 409 g/mol. The molecule has 0 heterocycles. The number of amides is 2. The minimum absolute atomic E-state index is 0.0579. The van der Waals surface area contributed by atoms with Gasteiger partial charge in [0.1, 0.15) is 11.8 Å². The fourth-order valence-electron chi connectivity index (χ4n) is 3.97. The maximum Gasteiger partial charge on any atom is 0.242 e. The van der Waals surface area contributed by atoms with Gasteiger partial charge in [-0.15, -0.1) is 0 Å². The smallest absolute Gasteiger partial charge is 0.242 e. The molecule has 2 amide bonds. The van der Waals surface area contributed by atoms with Gasteiger partial charge in [-0.1, -0.05) is 49.2 Å². The van der Waals surface area contributed by atoms with E-state index in [1.165, 1.54) is 0 Å². The van der Waals surface area contributed by atoms with Crippen molar-refractivity contribution in [3.63, 3.8) is 0 Å². The van der Waals surface area contributed by atoms with Gasteiger partial charge >= 0.3 is 0 Å². The lowest BCUT2D eigenvalue weighted by Crippen LogP contribution is -2.50. The first-order valence-corrected chi connectivity index (χ1v) is 10.7. The molecule has 1 N–H and O–H groups in total. The number of nitrogens with one attached hydrogen (secondary N) is 1. The first-order valence-electron chi connectivity index (χ1n) is 10.7. The van der Waals surface area contributed by atoms with Gasteiger partial charge in [-0.2, -0.15) is 0 Å². The van der Waals surface area contributed by atoms with Crippen molar-refractivity contribution < 1.29 is 14.3 Å². The Morgan fingerprint density at radius 3 is 2.40 bits per heavy atom. The average Bonchev–Trinajstić information content (AvgIpc) is 3.26. The van der Waals surface area contributed by atoms with Crippen molar-refractivity contribution >= 4 is 11.8 Å². The molecule has 0 radical (unpaired) electrons. The third kappa shape index (κ3) is 5.62. The van der Waals surface area contributed by atoms with Crippen molar-refractivity contribution in [1.82, 2.24) is 10.2 Å². The number of rotatable bonds is 8. The fourth-order valence-corrected chi connectivity index (χ4v) is 3.97. The second-order valence-corrected chi connectivity index (χ2v) is 8.14. The van der Waals surface area contributed by atoms with Gasteiger partial charge in [-0.3, -0.25) is 9.59 Å². The van der Waals surface area contributed by atoms with E-state index in [-0.39, 0.29) is 24.3 Å². The highest BCUT2D eigenvalue weighted by Gasteiger charge is 2.28. The van der Waals surface area contributed by atoms with Gasteiger partial charge in [0, 0.05) is 12.6 Å². The Labute approximate surface area is 179 Å². The molecule has 5 nitrogen and oxygen atoms in total. The normalized spacial score (nSPS) is 14.9. The molecule has 5 heteroatoms. The summed E-state index contributed by atoms with van der Waals surface area (Å²) in [6, 6.07) is 15.2. The number of nitrogens with zero attached hydrogens (tertiary/aromatic N) is 1. The first kappa shape index (κ1) is 21.9. The maximum absolute atomic E-state index is 13.3. The monoisotopic (exact) mass is 408 g/mol. The molecule has 1 saturated carbocycles. The largest absolute Gasteiger partial charge is 0.497 e. The molecular formula is C25H32N2O3. The van der Waals surface area contributed by atoms with Gasteiger partial charge in [-0.05, 0) is 55.5 Å². The molecule has 2 aromatic rings. The lowest BCUT2D eigenvalue weighted by molar-refractivity contribution is -0.140. The van der Waals surface area contributed by atoms with E-state index in [9.17, 15) is 9.59 Å². The van der Waals surface area contributed by atoms with Crippen LogP contribution < -0.4 is 10.1 Å². The molecule has 2 aromatic carbocycles. The number of hydrogen-bond donors (Lipinski definition) is 1. The topological polar surface area (TPSA) is 58.6 Å². The van der Waals surface area contributed by atoms with Crippen LogP contribution in [0.3, 0.4) is 0 Å². The molecule has 1 aliphatic carbocycles. The third-order valence-electron chi connectivity index (χ3n) is 5.99. The maximum atomic E-state index is 13.3. The Morgan fingerprint density at radius 1 is 1.10 bits per heavy atom. The fraction of sp³-hybridized carbons (Fsp3) is 0.440. The third-order valence-corrected chi connectivity index (χ3v) is 5.99. The quantitative estimate of drug-likeness (QED) is 0.718. The van der Waals surface area contributed by atoms with Crippen LogP contribution in [0.4, 0.5) is 0 Å². The van der Waals surface area contributed by atoms with E-state index >= 15 is 0 Å². The van der Waals surface area contributed by atoms with Crippen LogP contribution in [-0.4, -0.2) is 35.9 Å². The van der Waals surface area contributed by atoms with Gasteiger partial charge in [0.25, 0.3) is 0 Å². The van der Waals surface area contributed by atoms with Crippen molar-refractivity contribution in [1.29, 1.82) is 0 Å². The SMILES string of the molecule is COc1ccc(CC(=O)N(Cc2ccccc2C)[C@@H](C)C(=O)NC2CCCC2)cc1. The van der Waals surface area contributed by atoms with E-state index < -0.39 is 6.04 Å². The van der Waals surface area contributed by atoms with Gasteiger partial charge in [0.15, 0.2) is 0 Å². The molecule has 1 atom stereocenters. The summed E-state index contributed by atoms with van der Waals surface area (Å²) < 4.78 is 5.20. The molecule has 1 aliphatic rings. The second-order valence-electron chi connectivity index (χ2n) is 8.14. The predicted octanol–water partition coefficient (Wildman–Crippen LogP) is 4.02.